The minimum absolute atomic E-state index is 0.00148. The first-order valence-electron chi connectivity index (χ1n) is 7.74. The number of ether oxygens (including phenoxy) is 1. The van der Waals surface area contributed by atoms with Gasteiger partial charge in [0.15, 0.2) is 11.5 Å². The van der Waals surface area contributed by atoms with Crippen molar-refractivity contribution >= 4 is 39.9 Å². The summed E-state index contributed by atoms with van der Waals surface area (Å²) in [6.07, 6.45) is -4.87. The van der Waals surface area contributed by atoms with Crippen LogP contribution in [0.2, 0.25) is 10.0 Å². The van der Waals surface area contributed by atoms with Gasteiger partial charge in [-0.1, -0.05) is 41.4 Å². The summed E-state index contributed by atoms with van der Waals surface area (Å²) in [6, 6.07) is 8.92. The average Bonchev–Trinajstić information content (AvgIpc) is 2.55. The van der Waals surface area contributed by atoms with Crippen LogP contribution in [0, 0.1) is 6.92 Å². The van der Waals surface area contributed by atoms with Crippen molar-refractivity contribution in [1.82, 2.24) is 4.98 Å². The molecular weight excluding hydrogens is 402 g/mol. The molecule has 1 aromatic heterocycles. The van der Waals surface area contributed by atoms with E-state index in [-0.39, 0.29) is 22.0 Å². The number of carbonyl (C=O) groups excluding carboxylic acids is 1. The molecule has 0 aliphatic carbocycles. The molecule has 3 nitrogen and oxygen atoms in total. The maximum absolute atomic E-state index is 12.8. The highest BCUT2D eigenvalue weighted by Crippen LogP contribution is 2.39. The molecule has 2 aromatic carbocycles. The van der Waals surface area contributed by atoms with Gasteiger partial charge in [0.1, 0.15) is 5.52 Å². The molecule has 3 rings (SSSR count). The van der Waals surface area contributed by atoms with E-state index in [0.717, 1.165) is 0 Å². The van der Waals surface area contributed by atoms with Crippen LogP contribution in [0.25, 0.3) is 22.0 Å². The standard InChI is InChI=1S/C19H12Cl2F3NO2/c1-9-16(10(2)26)17(11-6-7-13(20)14(21)8-11)12-4-3-5-15(18(12)25-9)27-19(22,23)24/h3-8H,1-2H3. The van der Waals surface area contributed by atoms with Crippen LogP contribution in [0.3, 0.4) is 0 Å². The number of hydrogen-bond acceptors (Lipinski definition) is 3. The number of fused-ring (bicyclic) bond motifs is 1. The normalized spacial score (nSPS) is 11.7. The molecule has 1 heterocycles. The molecule has 140 valence electrons. The summed E-state index contributed by atoms with van der Waals surface area (Å²) in [4.78, 5) is 16.5. The van der Waals surface area contributed by atoms with Crippen LogP contribution in [-0.2, 0) is 0 Å². The van der Waals surface area contributed by atoms with Crippen molar-refractivity contribution in [3.8, 4) is 16.9 Å². The molecule has 0 spiro atoms. The highest BCUT2D eigenvalue weighted by atomic mass is 35.5. The van der Waals surface area contributed by atoms with Gasteiger partial charge < -0.3 is 4.74 Å². The molecule has 0 aliphatic rings. The molecule has 0 radical (unpaired) electrons. The second kappa shape index (κ2) is 7.02. The quantitative estimate of drug-likeness (QED) is 0.453. The number of para-hydroxylation sites is 1. The summed E-state index contributed by atoms with van der Waals surface area (Å²) in [7, 11) is 0. The average molecular weight is 414 g/mol. The summed E-state index contributed by atoms with van der Waals surface area (Å²) in [5, 5.41) is 0.917. The van der Waals surface area contributed by atoms with Crippen LogP contribution >= 0.6 is 23.2 Å². The van der Waals surface area contributed by atoms with Gasteiger partial charge in [-0.25, -0.2) is 4.98 Å². The lowest BCUT2D eigenvalue weighted by Crippen LogP contribution is -2.17. The number of ketones is 1. The summed E-state index contributed by atoms with van der Waals surface area (Å²) < 4.78 is 42.4. The molecule has 0 aliphatic heterocycles. The van der Waals surface area contributed by atoms with Gasteiger partial charge in [0, 0.05) is 22.2 Å². The zero-order valence-corrected chi connectivity index (χ0v) is 15.6. The third-order valence-corrected chi connectivity index (χ3v) is 4.68. The van der Waals surface area contributed by atoms with E-state index in [0.29, 0.717) is 27.1 Å². The Labute approximate surface area is 162 Å². The van der Waals surface area contributed by atoms with E-state index in [2.05, 4.69) is 9.72 Å². The first-order chi connectivity index (χ1) is 12.6. The van der Waals surface area contributed by atoms with E-state index in [1.165, 1.54) is 19.1 Å². The summed E-state index contributed by atoms with van der Waals surface area (Å²) in [5.74, 6) is -0.718. The Hall–Kier alpha value is -2.31. The van der Waals surface area contributed by atoms with Crippen molar-refractivity contribution in [2.24, 2.45) is 0 Å². The highest BCUT2D eigenvalue weighted by Gasteiger charge is 2.32. The van der Waals surface area contributed by atoms with E-state index in [9.17, 15) is 18.0 Å². The predicted octanol–water partition coefficient (Wildman–Crippen LogP) is 6.62. The molecule has 0 saturated carbocycles. The molecular formula is C19H12Cl2F3NO2. The number of pyridine rings is 1. The van der Waals surface area contributed by atoms with Crippen molar-refractivity contribution < 1.29 is 22.7 Å². The molecule has 0 bridgehead atoms. The van der Waals surface area contributed by atoms with Gasteiger partial charge in [0.05, 0.1) is 10.0 Å². The second-order valence-electron chi connectivity index (χ2n) is 5.83. The fourth-order valence-corrected chi connectivity index (χ4v) is 3.27. The Morgan fingerprint density at radius 1 is 1.11 bits per heavy atom. The Bertz CT molecular complexity index is 1060. The fourth-order valence-electron chi connectivity index (χ4n) is 2.97. The number of benzene rings is 2. The Kier molecular flexibility index (Phi) is 5.06. The first-order valence-corrected chi connectivity index (χ1v) is 8.49. The van der Waals surface area contributed by atoms with Crippen molar-refractivity contribution in [3.05, 3.63) is 57.7 Å². The van der Waals surface area contributed by atoms with Crippen molar-refractivity contribution in [2.75, 3.05) is 0 Å². The monoisotopic (exact) mass is 413 g/mol. The number of carbonyl (C=O) groups is 1. The maximum Gasteiger partial charge on any atom is 0.573 e. The van der Waals surface area contributed by atoms with Gasteiger partial charge in [-0.15, -0.1) is 13.2 Å². The molecule has 0 unspecified atom stereocenters. The van der Waals surface area contributed by atoms with Crippen molar-refractivity contribution in [3.63, 3.8) is 0 Å². The van der Waals surface area contributed by atoms with Gasteiger partial charge in [-0.2, -0.15) is 0 Å². The van der Waals surface area contributed by atoms with Crippen LogP contribution in [0.1, 0.15) is 23.0 Å². The van der Waals surface area contributed by atoms with E-state index in [1.807, 2.05) is 0 Å². The summed E-state index contributed by atoms with van der Waals surface area (Å²) in [5.41, 5.74) is 1.54. The smallest absolute Gasteiger partial charge is 0.403 e. The lowest BCUT2D eigenvalue weighted by atomic mass is 9.92. The Balaban J connectivity index is 2.41. The van der Waals surface area contributed by atoms with Crippen molar-refractivity contribution in [2.45, 2.75) is 20.2 Å². The van der Waals surface area contributed by atoms with E-state index in [1.54, 1.807) is 31.2 Å². The summed E-state index contributed by atoms with van der Waals surface area (Å²) in [6.45, 7) is 2.93. The third-order valence-electron chi connectivity index (χ3n) is 3.95. The van der Waals surface area contributed by atoms with Gasteiger partial charge in [0.25, 0.3) is 0 Å². The summed E-state index contributed by atoms with van der Waals surface area (Å²) >= 11 is 12.1. The van der Waals surface area contributed by atoms with Crippen molar-refractivity contribution in [1.29, 1.82) is 0 Å². The predicted molar refractivity (Wildman–Crippen MR) is 98.6 cm³/mol. The molecule has 0 atom stereocenters. The van der Waals surface area contributed by atoms with Crippen LogP contribution in [0.15, 0.2) is 36.4 Å². The number of aryl methyl sites for hydroxylation is 1. The number of Topliss-reactive ketones (excluding diaryl/α,β-unsaturated/α-hetero) is 1. The maximum atomic E-state index is 12.8. The van der Waals surface area contributed by atoms with Gasteiger partial charge in [0.2, 0.25) is 0 Å². The number of halogens is 5. The minimum atomic E-state index is -4.87. The molecule has 27 heavy (non-hydrogen) atoms. The van der Waals surface area contributed by atoms with Gasteiger partial charge in [-0.3, -0.25) is 4.79 Å². The van der Waals surface area contributed by atoms with E-state index in [4.69, 9.17) is 23.2 Å². The number of hydrogen-bond donors (Lipinski definition) is 0. The SMILES string of the molecule is CC(=O)c1c(C)nc2c(OC(F)(F)F)cccc2c1-c1ccc(Cl)c(Cl)c1. The molecule has 0 saturated heterocycles. The van der Waals surface area contributed by atoms with Gasteiger partial charge >= 0.3 is 6.36 Å². The molecule has 8 heteroatoms. The first kappa shape index (κ1) is 19.5. The number of rotatable bonds is 3. The molecule has 0 fully saturated rings. The molecule has 0 N–H and O–H groups in total. The van der Waals surface area contributed by atoms with E-state index < -0.39 is 12.1 Å². The highest BCUT2D eigenvalue weighted by molar-refractivity contribution is 6.42. The van der Waals surface area contributed by atoms with Crippen LogP contribution < -0.4 is 4.74 Å². The number of alkyl halides is 3. The fraction of sp³-hybridized carbons (Fsp3) is 0.158. The largest absolute Gasteiger partial charge is 0.573 e. The Morgan fingerprint density at radius 2 is 1.81 bits per heavy atom. The zero-order chi connectivity index (χ0) is 19.9. The van der Waals surface area contributed by atoms with Crippen LogP contribution in [0.4, 0.5) is 13.2 Å². The van der Waals surface area contributed by atoms with Gasteiger partial charge in [-0.05, 0) is 37.6 Å². The lowest BCUT2D eigenvalue weighted by Gasteiger charge is -2.17. The zero-order valence-electron chi connectivity index (χ0n) is 14.1. The molecule has 3 aromatic rings. The topological polar surface area (TPSA) is 39.2 Å². The van der Waals surface area contributed by atoms with Crippen LogP contribution in [-0.4, -0.2) is 17.1 Å². The second-order valence-corrected chi connectivity index (χ2v) is 6.65. The van der Waals surface area contributed by atoms with E-state index >= 15 is 0 Å². The lowest BCUT2D eigenvalue weighted by molar-refractivity contribution is -0.274. The van der Waals surface area contributed by atoms with Crippen LogP contribution in [0.5, 0.6) is 5.75 Å². The minimum Gasteiger partial charge on any atom is -0.403 e. The number of aromatic nitrogens is 1. The third kappa shape index (κ3) is 3.87. The number of nitrogens with zero attached hydrogens (tertiary/aromatic N) is 1. The Morgan fingerprint density at radius 3 is 2.41 bits per heavy atom. The molecule has 0 amide bonds.